The van der Waals surface area contributed by atoms with Gasteiger partial charge in [-0.25, -0.2) is 0 Å². The van der Waals surface area contributed by atoms with E-state index in [1.165, 1.54) is 0 Å². The van der Waals surface area contributed by atoms with E-state index < -0.39 is 5.60 Å². The zero-order valence-electron chi connectivity index (χ0n) is 11.0. The van der Waals surface area contributed by atoms with E-state index in [0.717, 1.165) is 10.6 Å². The molecule has 5 heteroatoms. The molecule has 0 saturated carbocycles. The van der Waals surface area contributed by atoms with Crippen LogP contribution >= 0.6 is 11.3 Å². The molecule has 1 amide bonds. The van der Waals surface area contributed by atoms with Crippen LogP contribution in [0.4, 0.5) is 0 Å². The second-order valence-electron chi connectivity index (χ2n) is 4.72. The van der Waals surface area contributed by atoms with E-state index in [1.807, 2.05) is 24.4 Å². The highest BCUT2D eigenvalue weighted by atomic mass is 32.1. The van der Waals surface area contributed by atoms with E-state index in [4.69, 9.17) is 4.42 Å². The van der Waals surface area contributed by atoms with Crippen LogP contribution in [0.25, 0.3) is 0 Å². The molecule has 2 N–H and O–H groups in total. The Bertz CT molecular complexity index is 543. The first-order valence-electron chi connectivity index (χ1n) is 6.06. The maximum atomic E-state index is 11.7. The highest BCUT2D eigenvalue weighted by Gasteiger charge is 2.27. The first-order chi connectivity index (χ1) is 8.97. The fourth-order valence-corrected chi connectivity index (χ4v) is 2.42. The fraction of sp³-hybridized carbons (Fsp3) is 0.357. The second-order valence-corrected chi connectivity index (χ2v) is 5.75. The molecule has 0 aromatic carbocycles. The van der Waals surface area contributed by atoms with Gasteiger partial charge in [0, 0.05) is 4.88 Å². The normalized spacial score (nSPS) is 14.1. The summed E-state index contributed by atoms with van der Waals surface area (Å²) in [5.74, 6) is 1.09. The van der Waals surface area contributed by atoms with Crippen molar-refractivity contribution in [2.75, 3.05) is 6.54 Å². The van der Waals surface area contributed by atoms with Crippen LogP contribution in [0.5, 0.6) is 0 Å². The van der Waals surface area contributed by atoms with E-state index in [9.17, 15) is 9.90 Å². The lowest BCUT2D eigenvalue weighted by atomic mass is 10.0. The SMILES string of the molecule is Cc1ccc(C(C)(O)CNC(=O)Cc2cccs2)o1. The van der Waals surface area contributed by atoms with Gasteiger partial charge in [-0.05, 0) is 37.4 Å². The molecular weight excluding hydrogens is 262 g/mol. The van der Waals surface area contributed by atoms with Crippen molar-refractivity contribution in [3.8, 4) is 0 Å². The maximum absolute atomic E-state index is 11.7. The third-order valence-electron chi connectivity index (χ3n) is 2.82. The number of hydrogen-bond donors (Lipinski definition) is 2. The molecular formula is C14H17NO3S. The topological polar surface area (TPSA) is 62.5 Å². The lowest BCUT2D eigenvalue weighted by Gasteiger charge is -2.21. The highest BCUT2D eigenvalue weighted by molar-refractivity contribution is 7.10. The minimum absolute atomic E-state index is 0.106. The van der Waals surface area contributed by atoms with Crippen LogP contribution in [0.1, 0.15) is 23.3 Å². The number of aliphatic hydroxyl groups is 1. The van der Waals surface area contributed by atoms with Crippen molar-refractivity contribution in [1.82, 2.24) is 5.32 Å². The molecule has 1 atom stereocenters. The number of thiophene rings is 1. The van der Waals surface area contributed by atoms with Gasteiger partial charge in [-0.3, -0.25) is 4.79 Å². The van der Waals surface area contributed by atoms with E-state index in [0.29, 0.717) is 12.2 Å². The molecule has 0 bridgehead atoms. The van der Waals surface area contributed by atoms with Crippen molar-refractivity contribution in [1.29, 1.82) is 0 Å². The molecule has 102 valence electrons. The number of carbonyl (C=O) groups excluding carboxylic acids is 1. The number of amides is 1. The van der Waals surface area contributed by atoms with Crippen molar-refractivity contribution >= 4 is 17.2 Å². The molecule has 2 rings (SSSR count). The summed E-state index contributed by atoms with van der Waals surface area (Å²) in [6.07, 6.45) is 0.338. The first-order valence-corrected chi connectivity index (χ1v) is 6.94. The molecule has 2 aromatic rings. The Balaban J connectivity index is 1.89. The van der Waals surface area contributed by atoms with Crippen molar-refractivity contribution < 1.29 is 14.3 Å². The van der Waals surface area contributed by atoms with Gasteiger partial charge in [0.25, 0.3) is 0 Å². The number of rotatable bonds is 5. The summed E-state index contributed by atoms with van der Waals surface area (Å²) < 4.78 is 5.39. The number of aryl methyl sites for hydroxylation is 1. The summed E-state index contributed by atoms with van der Waals surface area (Å²) in [6.45, 7) is 3.57. The van der Waals surface area contributed by atoms with Crippen LogP contribution in [0.3, 0.4) is 0 Å². The van der Waals surface area contributed by atoms with Crippen molar-refractivity contribution in [3.05, 3.63) is 46.0 Å². The lowest BCUT2D eigenvalue weighted by Crippen LogP contribution is -2.38. The quantitative estimate of drug-likeness (QED) is 0.882. The molecule has 2 aromatic heterocycles. The van der Waals surface area contributed by atoms with Gasteiger partial charge < -0.3 is 14.8 Å². The van der Waals surface area contributed by atoms with Gasteiger partial charge in [-0.15, -0.1) is 11.3 Å². The summed E-state index contributed by atoms with van der Waals surface area (Å²) in [5, 5.41) is 14.9. The standard InChI is InChI=1S/C14H17NO3S/c1-10-5-6-12(18-10)14(2,17)9-15-13(16)8-11-4-3-7-19-11/h3-7,17H,8-9H2,1-2H3,(H,15,16). The van der Waals surface area contributed by atoms with E-state index >= 15 is 0 Å². The van der Waals surface area contributed by atoms with Gasteiger partial charge >= 0.3 is 0 Å². The summed E-state index contributed by atoms with van der Waals surface area (Å²) in [5.41, 5.74) is -1.20. The average molecular weight is 279 g/mol. The predicted octanol–water partition coefficient (Wildman–Crippen LogP) is 2.22. The Labute approximate surface area is 116 Å². The molecule has 1 unspecified atom stereocenters. The number of nitrogens with one attached hydrogen (secondary N) is 1. The largest absolute Gasteiger partial charge is 0.463 e. The monoisotopic (exact) mass is 279 g/mol. The minimum Gasteiger partial charge on any atom is -0.463 e. The van der Waals surface area contributed by atoms with Crippen LogP contribution < -0.4 is 5.32 Å². The second kappa shape index (κ2) is 5.59. The maximum Gasteiger partial charge on any atom is 0.225 e. The molecule has 0 fully saturated rings. The average Bonchev–Trinajstić information content (AvgIpc) is 2.98. The minimum atomic E-state index is -1.20. The molecule has 0 saturated heterocycles. The summed E-state index contributed by atoms with van der Waals surface area (Å²) in [6, 6.07) is 7.34. The van der Waals surface area contributed by atoms with Gasteiger partial charge in [0.15, 0.2) is 0 Å². The van der Waals surface area contributed by atoms with Crippen LogP contribution in [0, 0.1) is 6.92 Å². The number of hydrogen-bond acceptors (Lipinski definition) is 4. The first kappa shape index (κ1) is 13.8. The smallest absolute Gasteiger partial charge is 0.225 e. The van der Waals surface area contributed by atoms with Gasteiger partial charge in [0.2, 0.25) is 5.91 Å². The highest BCUT2D eigenvalue weighted by Crippen LogP contribution is 2.22. The van der Waals surface area contributed by atoms with Crippen molar-refractivity contribution in [2.24, 2.45) is 0 Å². The molecule has 19 heavy (non-hydrogen) atoms. The summed E-state index contributed by atoms with van der Waals surface area (Å²) >= 11 is 1.54. The van der Waals surface area contributed by atoms with Gasteiger partial charge in [-0.2, -0.15) is 0 Å². The molecule has 2 heterocycles. The molecule has 0 aliphatic rings. The number of furan rings is 1. The lowest BCUT2D eigenvalue weighted by molar-refractivity contribution is -0.121. The Morgan fingerprint density at radius 1 is 1.47 bits per heavy atom. The predicted molar refractivity (Wildman–Crippen MR) is 74.0 cm³/mol. The third kappa shape index (κ3) is 3.68. The van der Waals surface area contributed by atoms with Crippen molar-refractivity contribution in [3.63, 3.8) is 0 Å². The molecule has 0 aliphatic heterocycles. The Morgan fingerprint density at radius 2 is 2.26 bits per heavy atom. The summed E-state index contributed by atoms with van der Waals surface area (Å²) in [7, 11) is 0. The zero-order chi connectivity index (χ0) is 13.9. The Kier molecular flexibility index (Phi) is 4.07. The van der Waals surface area contributed by atoms with E-state index in [-0.39, 0.29) is 12.5 Å². The molecule has 0 spiro atoms. The van der Waals surface area contributed by atoms with Gasteiger partial charge in [0.1, 0.15) is 17.1 Å². The number of carbonyl (C=O) groups is 1. The van der Waals surface area contributed by atoms with Crippen LogP contribution in [-0.4, -0.2) is 17.6 Å². The third-order valence-corrected chi connectivity index (χ3v) is 3.69. The Hall–Kier alpha value is -1.59. The van der Waals surface area contributed by atoms with Crippen molar-refractivity contribution in [2.45, 2.75) is 25.9 Å². The van der Waals surface area contributed by atoms with Gasteiger partial charge in [-0.1, -0.05) is 6.07 Å². The zero-order valence-corrected chi connectivity index (χ0v) is 11.8. The fourth-order valence-electron chi connectivity index (χ4n) is 1.72. The Morgan fingerprint density at radius 3 is 2.84 bits per heavy atom. The van der Waals surface area contributed by atoms with E-state index in [2.05, 4.69) is 5.32 Å². The summed E-state index contributed by atoms with van der Waals surface area (Å²) in [4.78, 5) is 12.8. The van der Waals surface area contributed by atoms with Crippen LogP contribution in [0.15, 0.2) is 34.1 Å². The molecule has 4 nitrogen and oxygen atoms in total. The molecule has 0 radical (unpaired) electrons. The van der Waals surface area contributed by atoms with Crippen LogP contribution in [-0.2, 0) is 16.8 Å². The molecule has 0 aliphatic carbocycles. The van der Waals surface area contributed by atoms with E-state index in [1.54, 1.807) is 30.4 Å². The van der Waals surface area contributed by atoms with Crippen LogP contribution in [0.2, 0.25) is 0 Å². The van der Waals surface area contributed by atoms with Gasteiger partial charge in [0.05, 0.1) is 13.0 Å².